The molecule has 0 aliphatic carbocycles. The Labute approximate surface area is 132 Å². The summed E-state index contributed by atoms with van der Waals surface area (Å²) in [6.45, 7) is 13.5. The minimum atomic E-state index is -0.432. The molecule has 0 saturated carbocycles. The van der Waals surface area contributed by atoms with Crippen molar-refractivity contribution in [3.8, 4) is 0 Å². The van der Waals surface area contributed by atoms with E-state index in [1.165, 1.54) is 18.3 Å². The van der Waals surface area contributed by atoms with Crippen molar-refractivity contribution >= 4 is 21.1 Å². The van der Waals surface area contributed by atoms with Gasteiger partial charge in [0.2, 0.25) is 0 Å². The van der Waals surface area contributed by atoms with E-state index in [0.717, 1.165) is 18.7 Å². The van der Waals surface area contributed by atoms with Crippen LogP contribution in [0.15, 0.2) is 60.7 Å². The van der Waals surface area contributed by atoms with E-state index in [4.69, 9.17) is 0 Å². The van der Waals surface area contributed by atoms with Crippen LogP contribution in [-0.4, -0.2) is 15.5 Å². The van der Waals surface area contributed by atoms with Gasteiger partial charge in [0.25, 0.3) is 0 Å². The van der Waals surface area contributed by atoms with Crippen molar-refractivity contribution in [1.29, 1.82) is 0 Å². The lowest BCUT2D eigenvalue weighted by atomic mass is 9.39. The maximum atomic E-state index is 3.99. The SMILES string of the molecule is C=CCB1CC(CC=C)CC(c2ccccc2)=C1[Si](C)C. The molecule has 0 spiro atoms. The van der Waals surface area contributed by atoms with Gasteiger partial charge in [0.15, 0.2) is 6.71 Å². The Kier molecular flexibility index (Phi) is 5.87. The third-order valence-electron chi connectivity index (χ3n) is 4.46. The molecule has 109 valence electrons. The summed E-state index contributed by atoms with van der Waals surface area (Å²) in [5, 5.41) is 1.76. The molecule has 1 heterocycles. The van der Waals surface area contributed by atoms with Crippen molar-refractivity contribution in [3.05, 3.63) is 66.3 Å². The molecule has 2 heteroatoms. The Balaban J connectivity index is 2.46. The van der Waals surface area contributed by atoms with Gasteiger partial charge in [-0.2, -0.15) is 0 Å². The van der Waals surface area contributed by atoms with Crippen LogP contribution < -0.4 is 0 Å². The molecule has 1 radical (unpaired) electrons. The predicted octanol–water partition coefficient (Wildman–Crippen LogP) is 5.55. The second kappa shape index (κ2) is 7.65. The Morgan fingerprint density at radius 1 is 1.19 bits per heavy atom. The average molecular weight is 293 g/mol. The minimum absolute atomic E-state index is 0.432. The Morgan fingerprint density at radius 3 is 2.48 bits per heavy atom. The van der Waals surface area contributed by atoms with Crippen molar-refractivity contribution in [1.82, 2.24) is 0 Å². The topological polar surface area (TPSA) is 0 Å². The second-order valence-electron chi connectivity index (χ2n) is 6.31. The molecule has 1 aliphatic rings. The minimum Gasteiger partial charge on any atom is -0.108 e. The highest BCUT2D eigenvalue weighted by Crippen LogP contribution is 2.39. The fourth-order valence-electron chi connectivity index (χ4n) is 3.70. The third-order valence-corrected chi connectivity index (χ3v) is 6.24. The van der Waals surface area contributed by atoms with Gasteiger partial charge >= 0.3 is 0 Å². The highest BCUT2D eigenvalue weighted by atomic mass is 28.3. The smallest absolute Gasteiger partial charge is 0.108 e. The normalized spacial score (nSPS) is 19.0. The quantitative estimate of drug-likeness (QED) is 0.476. The van der Waals surface area contributed by atoms with Crippen molar-refractivity contribution in [2.24, 2.45) is 5.92 Å². The molecule has 1 aromatic rings. The zero-order valence-electron chi connectivity index (χ0n) is 13.4. The molecule has 21 heavy (non-hydrogen) atoms. The van der Waals surface area contributed by atoms with E-state index in [-0.39, 0.29) is 0 Å². The third kappa shape index (κ3) is 3.88. The standard InChI is InChI=1S/C19H26BSi/c1-5-10-16-14-18(17-11-8-7-9-12-17)19(21(3)4)20(15-16)13-6-2/h5-9,11-12,16H,1-2,10,13-15H2,3-4H3. The number of allylic oxidation sites excluding steroid dienone is 3. The van der Waals surface area contributed by atoms with Crippen molar-refractivity contribution in [2.75, 3.05) is 0 Å². The van der Waals surface area contributed by atoms with E-state index < -0.39 is 8.80 Å². The van der Waals surface area contributed by atoms with Crippen LogP contribution in [-0.2, 0) is 0 Å². The predicted molar refractivity (Wildman–Crippen MR) is 99.3 cm³/mol. The highest BCUT2D eigenvalue weighted by molar-refractivity contribution is 6.89. The van der Waals surface area contributed by atoms with E-state index in [9.17, 15) is 0 Å². The van der Waals surface area contributed by atoms with Crippen LogP contribution in [0.5, 0.6) is 0 Å². The van der Waals surface area contributed by atoms with Gasteiger partial charge in [-0.15, -0.1) is 18.3 Å². The maximum absolute atomic E-state index is 3.99. The van der Waals surface area contributed by atoms with Crippen LogP contribution in [0.2, 0.25) is 25.7 Å². The van der Waals surface area contributed by atoms with Gasteiger partial charge in [-0.1, -0.05) is 73.8 Å². The molecular formula is C19H26BSi. The molecule has 0 saturated heterocycles. The number of hydrogen-bond acceptors (Lipinski definition) is 0. The molecule has 0 N–H and O–H groups in total. The monoisotopic (exact) mass is 293 g/mol. The number of rotatable bonds is 6. The van der Waals surface area contributed by atoms with Crippen LogP contribution in [0.4, 0.5) is 0 Å². The van der Waals surface area contributed by atoms with E-state index >= 15 is 0 Å². The summed E-state index contributed by atoms with van der Waals surface area (Å²) in [6, 6.07) is 11.0. The van der Waals surface area contributed by atoms with E-state index in [1.807, 2.05) is 0 Å². The first-order chi connectivity index (χ1) is 10.2. The molecule has 2 rings (SSSR count). The summed E-state index contributed by atoms with van der Waals surface area (Å²) in [4.78, 5) is 0. The number of hydrogen-bond donors (Lipinski definition) is 0. The van der Waals surface area contributed by atoms with E-state index in [0.29, 0.717) is 6.71 Å². The maximum Gasteiger partial charge on any atom is 0.170 e. The Hall–Kier alpha value is -1.28. The van der Waals surface area contributed by atoms with Crippen LogP contribution in [0.25, 0.3) is 5.57 Å². The largest absolute Gasteiger partial charge is 0.170 e. The van der Waals surface area contributed by atoms with Crippen molar-refractivity contribution in [3.63, 3.8) is 0 Å². The van der Waals surface area contributed by atoms with E-state index in [1.54, 1.807) is 10.7 Å². The summed E-state index contributed by atoms with van der Waals surface area (Å²) < 4.78 is 0. The summed E-state index contributed by atoms with van der Waals surface area (Å²) in [5.41, 5.74) is 3.06. The molecule has 1 aliphatic heterocycles. The van der Waals surface area contributed by atoms with Gasteiger partial charge in [0.05, 0.1) is 8.80 Å². The molecule has 1 atom stereocenters. The summed E-state index contributed by atoms with van der Waals surface area (Å²) in [7, 11) is -0.432. The summed E-state index contributed by atoms with van der Waals surface area (Å²) in [6.07, 6.45) is 8.97. The number of benzene rings is 1. The summed E-state index contributed by atoms with van der Waals surface area (Å²) >= 11 is 0. The Morgan fingerprint density at radius 2 is 1.90 bits per heavy atom. The first kappa shape index (κ1) is 16.1. The van der Waals surface area contributed by atoms with Crippen LogP contribution in [0.1, 0.15) is 18.4 Å². The zero-order valence-corrected chi connectivity index (χ0v) is 14.4. The molecule has 0 amide bonds. The molecule has 1 unspecified atom stereocenters. The molecule has 0 nitrogen and oxygen atoms in total. The van der Waals surface area contributed by atoms with Crippen LogP contribution in [0, 0.1) is 5.92 Å². The highest BCUT2D eigenvalue weighted by Gasteiger charge is 2.32. The van der Waals surface area contributed by atoms with Gasteiger partial charge < -0.3 is 0 Å². The molecule has 1 aromatic carbocycles. The lowest BCUT2D eigenvalue weighted by Gasteiger charge is -2.34. The zero-order chi connectivity index (χ0) is 15.2. The van der Waals surface area contributed by atoms with E-state index in [2.05, 4.69) is 68.7 Å². The van der Waals surface area contributed by atoms with Gasteiger partial charge in [0.1, 0.15) is 0 Å². The Bertz CT molecular complexity index is 516. The van der Waals surface area contributed by atoms with Gasteiger partial charge in [-0.3, -0.25) is 0 Å². The van der Waals surface area contributed by atoms with Crippen LogP contribution in [0.3, 0.4) is 0 Å². The first-order valence-electron chi connectivity index (χ1n) is 7.98. The molecule has 0 fully saturated rings. The van der Waals surface area contributed by atoms with Gasteiger partial charge in [0, 0.05) is 0 Å². The molecule has 0 aromatic heterocycles. The lowest BCUT2D eigenvalue weighted by molar-refractivity contribution is 0.599. The van der Waals surface area contributed by atoms with Gasteiger partial charge in [-0.25, -0.2) is 0 Å². The summed E-state index contributed by atoms with van der Waals surface area (Å²) in [5.74, 6) is 0.743. The molecular weight excluding hydrogens is 267 g/mol. The molecule has 0 bridgehead atoms. The lowest BCUT2D eigenvalue weighted by Crippen LogP contribution is -2.32. The fraction of sp³-hybridized carbons (Fsp3) is 0.368. The fourth-order valence-corrected chi connectivity index (χ4v) is 5.60. The van der Waals surface area contributed by atoms with Crippen molar-refractivity contribution < 1.29 is 0 Å². The average Bonchev–Trinajstić information content (AvgIpc) is 2.48. The second-order valence-corrected chi connectivity index (χ2v) is 8.85. The van der Waals surface area contributed by atoms with Crippen LogP contribution >= 0.6 is 0 Å². The van der Waals surface area contributed by atoms with Crippen molar-refractivity contribution in [2.45, 2.75) is 38.6 Å². The first-order valence-corrected chi connectivity index (χ1v) is 10.5. The van der Waals surface area contributed by atoms with Gasteiger partial charge in [-0.05, 0) is 24.3 Å².